The lowest BCUT2D eigenvalue weighted by molar-refractivity contribution is -0.133. The van der Waals surface area contributed by atoms with E-state index < -0.39 is 17.9 Å². The van der Waals surface area contributed by atoms with Crippen molar-refractivity contribution in [3.05, 3.63) is 59.6 Å². The Hall–Kier alpha value is -2.73. The van der Waals surface area contributed by atoms with E-state index in [0.29, 0.717) is 16.5 Å². The van der Waals surface area contributed by atoms with Gasteiger partial charge in [0.2, 0.25) is 0 Å². The number of hydrogen-bond acceptors (Lipinski definition) is 4. The van der Waals surface area contributed by atoms with E-state index in [0.717, 1.165) is 0 Å². The summed E-state index contributed by atoms with van der Waals surface area (Å²) in [5.74, 6) is -0.0462. The molecule has 0 saturated heterocycles. The first-order valence-electron chi connectivity index (χ1n) is 7.24. The van der Waals surface area contributed by atoms with Crippen molar-refractivity contribution in [2.24, 2.45) is 0 Å². The lowest BCUT2D eigenvalue weighted by Crippen LogP contribution is -2.48. The Labute approximate surface area is 144 Å². The molecule has 1 unspecified atom stereocenters. The zero-order chi connectivity index (χ0) is 17.4. The first-order chi connectivity index (χ1) is 11.6. The standard InChI is InChI=1S/C17H17ClN2O4/c1-12(24-15-10-6-5-9-14(15)18)17(22)20-19-16(21)11-23-13-7-3-2-4-8-13/h2-10,12H,11H2,1H3,(H,19,21)(H,20,22). The zero-order valence-corrected chi connectivity index (χ0v) is 13.7. The fourth-order valence-electron chi connectivity index (χ4n) is 1.72. The van der Waals surface area contributed by atoms with Crippen LogP contribution in [0.2, 0.25) is 5.02 Å². The molecule has 0 saturated carbocycles. The second kappa shape index (κ2) is 8.79. The molecule has 2 rings (SSSR count). The third-order valence-corrected chi connectivity index (χ3v) is 3.26. The fraction of sp³-hybridized carbons (Fsp3) is 0.176. The summed E-state index contributed by atoms with van der Waals surface area (Å²) >= 11 is 5.96. The van der Waals surface area contributed by atoms with E-state index in [1.807, 2.05) is 6.07 Å². The number of amides is 2. The van der Waals surface area contributed by atoms with Crippen molar-refractivity contribution in [3.63, 3.8) is 0 Å². The maximum atomic E-state index is 11.9. The molecule has 6 nitrogen and oxygen atoms in total. The third kappa shape index (κ3) is 5.48. The second-order valence-corrected chi connectivity index (χ2v) is 5.24. The van der Waals surface area contributed by atoms with Crippen LogP contribution in [-0.2, 0) is 9.59 Å². The molecule has 0 aromatic heterocycles. The minimum absolute atomic E-state index is 0.218. The molecule has 0 radical (unpaired) electrons. The fourth-order valence-corrected chi connectivity index (χ4v) is 1.90. The van der Waals surface area contributed by atoms with Crippen LogP contribution in [0, 0.1) is 0 Å². The number of halogens is 1. The van der Waals surface area contributed by atoms with Gasteiger partial charge in [0, 0.05) is 0 Å². The second-order valence-electron chi connectivity index (χ2n) is 4.83. The highest BCUT2D eigenvalue weighted by atomic mass is 35.5. The topological polar surface area (TPSA) is 76.7 Å². The van der Waals surface area contributed by atoms with E-state index >= 15 is 0 Å². The number of nitrogens with one attached hydrogen (secondary N) is 2. The summed E-state index contributed by atoms with van der Waals surface area (Å²) in [5, 5.41) is 0.400. The van der Waals surface area contributed by atoms with Crippen LogP contribution < -0.4 is 20.3 Å². The molecule has 0 spiro atoms. The Morgan fingerprint density at radius 2 is 1.71 bits per heavy atom. The number of carbonyl (C=O) groups is 2. The molecule has 126 valence electrons. The number of hydrazine groups is 1. The average Bonchev–Trinajstić information content (AvgIpc) is 2.60. The highest BCUT2D eigenvalue weighted by Gasteiger charge is 2.16. The molecule has 0 aliphatic heterocycles. The van der Waals surface area contributed by atoms with Gasteiger partial charge in [-0.3, -0.25) is 20.4 Å². The molecule has 24 heavy (non-hydrogen) atoms. The van der Waals surface area contributed by atoms with Crippen LogP contribution >= 0.6 is 11.6 Å². The Kier molecular flexibility index (Phi) is 6.45. The van der Waals surface area contributed by atoms with Gasteiger partial charge in [-0.25, -0.2) is 0 Å². The molecule has 2 N–H and O–H groups in total. The number of ether oxygens (including phenoxy) is 2. The summed E-state index contributed by atoms with van der Waals surface area (Å²) in [6, 6.07) is 15.7. The van der Waals surface area contributed by atoms with E-state index in [9.17, 15) is 9.59 Å². The van der Waals surface area contributed by atoms with Gasteiger partial charge in [-0.2, -0.15) is 0 Å². The van der Waals surface area contributed by atoms with Gasteiger partial charge in [0.15, 0.2) is 12.7 Å². The zero-order valence-electron chi connectivity index (χ0n) is 13.0. The van der Waals surface area contributed by atoms with E-state index in [1.165, 1.54) is 0 Å². The largest absolute Gasteiger partial charge is 0.484 e. The highest BCUT2D eigenvalue weighted by molar-refractivity contribution is 6.32. The Bertz CT molecular complexity index is 694. The van der Waals surface area contributed by atoms with Crippen molar-refractivity contribution < 1.29 is 19.1 Å². The summed E-state index contributed by atoms with van der Waals surface area (Å²) in [6.45, 7) is 1.33. The number of rotatable bonds is 6. The van der Waals surface area contributed by atoms with Gasteiger partial charge in [0.25, 0.3) is 11.8 Å². The molecule has 7 heteroatoms. The smallest absolute Gasteiger partial charge is 0.279 e. The lowest BCUT2D eigenvalue weighted by atomic mass is 10.3. The highest BCUT2D eigenvalue weighted by Crippen LogP contribution is 2.24. The van der Waals surface area contributed by atoms with Crippen LogP contribution in [-0.4, -0.2) is 24.5 Å². The van der Waals surface area contributed by atoms with Gasteiger partial charge < -0.3 is 9.47 Å². The van der Waals surface area contributed by atoms with E-state index in [-0.39, 0.29) is 6.61 Å². The van der Waals surface area contributed by atoms with Gasteiger partial charge in [0.1, 0.15) is 11.5 Å². The number of carbonyl (C=O) groups excluding carboxylic acids is 2. The van der Waals surface area contributed by atoms with Crippen molar-refractivity contribution in [2.45, 2.75) is 13.0 Å². The summed E-state index contributed by atoms with van der Waals surface area (Å²) in [5.41, 5.74) is 4.53. The summed E-state index contributed by atoms with van der Waals surface area (Å²) in [4.78, 5) is 23.5. The van der Waals surface area contributed by atoms with E-state index in [2.05, 4.69) is 10.9 Å². The predicted molar refractivity (Wildman–Crippen MR) is 89.8 cm³/mol. The molecular weight excluding hydrogens is 332 g/mol. The van der Waals surface area contributed by atoms with E-state index in [1.54, 1.807) is 55.5 Å². The Balaban J connectivity index is 1.73. The van der Waals surface area contributed by atoms with Gasteiger partial charge in [-0.05, 0) is 31.2 Å². The van der Waals surface area contributed by atoms with Crippen LogP contribution in [0.4, 0.5) is 0 Å². The normalized spacial score (nSPS) is 11.2. The van der Waals surface area contributed by atoms with Crippen LogP contribution in [0.25, 0.3) is 0 Å². The van der Waals surface area contributed by atoms with Crippen molar-refractivity contribution in [3.8, 4) is 11.5 Å². The van der Waals surface area contributed by atoms with E-state index in [4.69, 9.17) is 21.1 Å². The van der Waals surface area contributed by atoms with Gasteiger partial charge in [-0.15, -0.1) is 0 Å². The van der Waals surface area contributed by atoms with Gasteiger partial charge in [-0.1, -0.05) is 41.9 Å². The van der Waals surface area contributed by atoms with Crippen LogP contribution in [0.15, 0.2) is 54.6 Å². The van der Waals surface area contributed by atoms with Crippen LogP contribution in [0.1, 0.15) is 6.92 Å². The molecule has 0 heterocycles. The lowest BCUT2D eigenvalue weighted by Gasteiger charge is -2.16. The SMILES string of the molecule is CC(Oc1ccccc1Cl)C(=O)NNC(=O)COc1ccccc1. The third-order valence-electron chi connectivity index (χ3n) is 2.95. The van der Waals surface area contributed by atoms with Crippen molar-refractivity contribution in [1.82, 2.24) is 10.9 Å². The Morgan fingerprint density at radius 3 is 2.42 bits per heavy atom. The minimum atomic E-state index is -0.833. The molecular formula is C17H17ClN2O4. The van der Waals surface area contributed by atoms with Crippen LogP contribution in [0.5, 0.6) is 11.5 Å². The summed E-state index contributed by atoms with van der Waals surface area (Å²) < 4.78 is 10.7. The minimum Gasteiger partial charge on any atom is -0.484 e. The summed E-state index contributed by atoms with van der Waals surface area (Å²) in [7, 11) is 0. The molecule has 1 atom stereocenters. The Morgan fingerprint density at radius 1 is 1.04 bits per heavy atom. The van der Waals surface area contributed by atoms with Crippen molar-refractivity contribution >= 4 is 23.4 Å². The molecule has 0 fully saturated rings. The molecule has 0 aliphatic rings. The summed E-state index contributed by atoms with van der Waals surface area (Å²) in [6.07, 6.45) is -0.833. The molecule has 2 aromatic rings. The van der Waals surface area contributed by atoms with Gasteiger partial charge >= 0.3 is 0 Å². The maximum Gasteiger partial charge on any atom is 0.279 e. The number of benzene rings is 2. The molecule has 2 amide bonds. The van der Waals surface area contributed by atoms with Crippen LogP contribution in [0.3, 0.4) is 0 Å². The quantitative estimate of drug-likeness (QED) is 0.785. The molecule has 0 aliphatic carbocycles. The van der Waals surface area contributed by atoms with Gasteiger partial charge in [0.05, 0.1) is 5.02 Å². The van der Waals surface area contributed by atoms with Crippen molar-refractivity contribution in [1.29, 1.82) is 0 Å². The molecule has 0 bridgehead atoms. The average molecular weight is 349 g/mol. The first-order valence-corrected chi connectivity index (χ1v) is 7.62. The first kappa shape index (κ1) is 17.6. The van der Waals surface area contributed by atoms with Crippen molar-refractivity contribution in [2.75, 3.05) is 6.61 Å². The number of para-hydroxylation sites is 2. The predicted octanol–water partition coefficient (Wildman–Crippen LogP) is 2.33. The maximum absolute atomic E-state index is 11.9. The monoisotopic (exact) mass is 348 g/mol. The molecule has 2 aromatic carbocycles. The number of hydrogen-bond donors (Lipinski definition) is 2.